The average Bonchev–Trinajstić information content (AvgIpc) is 3.31. The predicted molar refractivity (Wildman–Crippen MR) is 75.1 cm³/mol. The molecule has 0 bridgehead atoms. The van der Waals surface area contributed by atoms with Gasteiger partial charge in [-0.15, -0.1) is 0 Å². The number of hydrogen-bond donors (Lipinski definition) is 2. The number of nitrogens with two attached hydrogens (primary N) is 1. The highest BCUT2D eigenvalue weighted by molar-refractivity contribution is 5.95. The van der Waals surface area contributed by atoms with Gasteiger partial charge in [-0.2, -0.15) is 0 Å². The summed E-state index contributed by atoms with van der Waals surface area (Å²) in [5.41, 5.74) is 6.09. The molecule has 1 unspecified atom stereocenters. The summed E-state index contributed by atoms with van der Waals surface area (Å²) in [6.07, 6.45) is 2.27. The molecule has 108 valence electrons. The molecule has 1 atom stereocenters. The van der Waals surface area contributed by atoms with Crippen molar-refractivity contribution >= 4 is 5.91 Å². The lowest BCUT2D eigenvalue weighted by Crippen LogP contribution is -2.53. The van der Waals surface area contributed by atoms with Crippen molar-refractivity contribution < 1.29 is 14.3 Å². The van der Waals surface area contributed by atoms with Gasteiger partial charge in [0.15, 0.2) is 11.5 Å². The maximum absolute atomic E-state index is 12.4. The molecule has 5 nitrogen and oxygen atoms in total. The van der Waals surface area contributed by atoms with Crippen LogP contribution in [0.4, 0.5) is 0 Å². The molecule has 20 heavy (non-hydrogen) atoms. The first-order valence-corrected chi connectivity index (χ1v) is 7.04. The molecule has 5 heteroatoms. The van der Waals surface area contributed by atoms with E-state index >= 15 is 0 Å². The molecule has 0 spiro atoms. The van der Waals surface area contributed by atoms with E-state index < -0.39 is 0 Å². The lowest BCUT2D eigenvalue weighted by Gasteiger charge is -2.29. The van der Waals surface area contributed by atoms with Gasteiger partial charge in [0.1, 0.15) is 13.2 Å². The van der Waals surface area contributed by atoms with Crippen molar-refractivity contribution in [3.8, 4) is 11.5 Å². The summed E-state index contributed by atoms with van der Waals surface area (Å²) < 4.78 is 11.0. The van der Waals surface area contributed by atoms with E-state index in [0.717, 1.165) is 12.8 Å². The number of amides is 1. The van der Waals surface area contributed by atoms with E-state index in [0.29, 0.717) is 42.7 Å². The van der Waals surface area contributed by atoms with E-state index in [4.69, 9.17) is 15.2 Å². The zero-order valence-corrected chi connectivity index (χ0v) is 11.6. The molecule has 3 N–H and O–H groups in total. The van der Waals surface area contributed by atoms with Gasteiger partial charge in [0, 0.05) is 12.1 Å². The van der Waals surface area contributed by atoms with Gasteiger partial charge in [-0.3, -0.25) is 4.79 Å². The van der Waals surface area contributed by atoms with Crippen LogP contribution in [0.15, 0.2) is 18.2 Å². The van der Waals surface area contributed by atoms with Crippen molar-refractivity contribution in [3.63, 3.8) is 0 Å². The highest BCUT2D eigenvalue weighted by Gasteiger charge is 2.41. The Balaban J connectivity index is 1.76. The minimum atomic E-state index is -0.315. The number of carbonyl (C=O) groups is 1. The van der Waals surface area contributed by atoms with Gasteiger partial charge in [0.2, 0.25) is 0 Å². The third kappa shape index (κ3) is 2.45. The number of rotatable bonds is 4. The second-order valence-electron chi connectivity index (χ2n) is 5.71. The van der Waals surface area contributed by atoms with Crippen LogP contribution in [-0.4, -0.2) is 31.2 Å². The summed E-state index contributed by atoms with van der Waals surface area (Å²) in [5, 5.41) is 3.07. The van der Waals surface area contributed by atoms with Crippen LogP contribution in [0.25, 0.3) is 0 Å². The van der Waals surface area contributed by atoms with E-state index in [1.54, 1.807) is 18.2 Å². The van der Waals surface area contributed by atoms with Gasteiger partial charge in [-0.1, -0.05) is 0 Å². The average molecular weight is 276 g/mol. The molecular weight excluding hydrogens is 256 g/mol. The van der Waals surface area contributed by atoms with Crippen molar-refractivity contribution in [1.82, 2.24) is 5.32 Å². The Morgan fingerprint density at radius 3 is 2.70 bits per heavy atom. The summed E-state index contributed by atoms with van der Waals surface area (Å²) in [4.78, 5) is 12.4. The fourth-order valence-corrected chi connectivity index (χ4v) is 2.56. The molecule has 2 aliphatic rings. The normalized spacial score (nSPS) is 20.1. The van der Waals surface area contributed by atoms with Crippen molar-refractivity contribution in [3.05, 3.63) is 23.8 Å². The van der Waals surface area contributed by atoms with Crippen molar-refractivity contribution in [2.75, 3.05) is 19.8 Å². The van der Waals surface area contributed by atoms with Crippen LogP contribution < -0.4 is 20.5 Å². The number of benzene rings is 1. The largest absolute Gasteiger partial charge is 0.486 e. The molecule has 1 aromatic rings. The molecule has 1 aliphatic carbocycles. The lowest BCUT2D eigenvalue weighted by atomic mass is 9.95. The number of ether oxygens (including phenoxy) is 2. The second-order valence-corrected chi connectivity index (χ2v) is 5.71. The smallest absolute Gasteiger partial charge is 0.251 e. The number of carbonyl (C=O) groups excluding carboxylic acids is 1. The topological polar surface area (TPSA) is 73.6 Å². The van der Waals surface area contributed by atoms with Crippen LogP contribution in [0.1, 0.15) is 30.1 Å². The van der Waals surface area contributed by atoms with Crippen molar-refractivity contribution in [2.24, 2.45) is 11.7 Å². The van der Waals surface area contributed by atoms with Gasteiger partial charge in [0.05, 0.1) is 5.54 Å². The molecule has 1 heterocycles. The molecule has 1 aliphatic heterocycles. The summed E-state index contributed by atoms with van der Waals surface area (Å²) in [6.45, 7) is 3.53. The zero-order chi connectivity index (χ0) is 14.2. The molecule has 1 amide bonds. The molecule has 0 aromatic heterocycles. The molecule has 0 radical (unpaired) electrons. The van der Waals surface area contributed by atoms with Gasteiger partial charge >= 0.3 is 0 Å². The maximum Gasteiger partial charge on any atom is 0.251 e. The Kier molecular flexibility index (Phi) is 3.30. The van der Waals surface area contributed by atoms with Crippen LogP contribution in [0.3, 0.4) is 0 Å². The second kappa shape index (κ2) is 4.98. The van der Waals surface area contributed by atoms with Gasteiger partial charge in [-0.05, 0) is 43.9 Å². The molecule has 3 rings (SSSR count). The van der Waals surface area contributed by atoms with Crippen molar-refractivity contribution in [2.45, 2.75) is 25.3 Å². The highest BCUT2D eigenvalue weighted by atomic mass is 16.6. The maximum atomic E-state index is 12.4. The van der Waals surface area contributed by atoms with Gasteiger partial charge in [-0.25, -0.2) is 0 Å². The van der Waals surface area contributed by atoms with Gasteiger partial charge < -0.3 is 20.5 Å². The third-order valence-electron chi connectivity index (χ3n) is 4.11. The summed E-state index contributed by atoms with van der Waals surface area (Å²) in [7, 11) is 0. The predicted octanol–water partition coefficient (Wildman–Crippen LogP) is 1.31. The first kappa shape index (κ1) is 13.2. The first-order valence-electron chi connectivity index (χ1n) is 7.04. The summed E-state index contributed by atoms with van der Waals surface area (Å²) >= 11 is 0. The van der Waals surface area contributed by atoms with E-state index in [1.807, 2.05) is 6.92 Å². The third-order valence-corrected chi connectivity index (χ3v) is 4.11. The van der Waals surface area contributed by atoms with E-state index in [-0.39, 0.29) is 11.4 Å². The summed E-state index contributed by atoms with van der Waals surface area (Å²) in [6, 6.07) is 5.26. The Morgan fingerprint density at radius 2 is 2.05 bits per heavy atom. The van der Waals surface area contributed by atoms with Crippen LogP contribution in [0, 0.1) is 5.92 Å². The van der Waals surface area contributed by atoms with E-state index in [1.165, 1.54) is 0 Å². The Hall–Kier alpha value is -1.75. The zero-order valence-electron chi connectivity index (χ0n) is 11.6. The van der Waals surface area contributed by atoms with E-state index in [9.17, 15) is 4.79 Å². The quantitative estimate of drug-likeness (QED) is 0.869. The lowest BCUT2D eigenvalue weighted by molar-refractivity contribution is 0.0896. The monoisotopic (exact) mass is 276 g/mol. The standard InChI is InChI=1S/C15H20N2O3/c1-15(9-16,11-3-4-11)17-14(18)10-2-5-12-13(8-10)20-7-6-19-12/h2,5,8,11H,3-4,6-7,9,16H2,1H3,(H,17,18). The SMILES string of the molecule is CC(CN)(NC(=O)c1ccc2c(c1)OCCO2)C1CC1. The molecule has 1 fully saturated rings. The van der Waals surface area contributed by atoms with Crippen molar-refractivity contribution in [1.29, 1.82) is 0 Å². The molecule has 0 saturated heterocycles. The number of fused-ring (bicyclic) bond motifs is 1. The number of hydrogen-bond acceptors (Lipinski definition) is 4. The fourth-order valence-electron chi connectivity index (χ4n) is 2.56. The fraction of sp³-hybridized carbons (Fsp3) is 0.533. The first-order chi connectivity index (χ1) is 9.62. The minimum Gasteiger partial charge on any atom is -0.486 e. The van der Waals surface area contributed by atoms with Gasteiger partial charge in [0.25, 0.3) is 5.91 Å². The Morgan fingerprint density at radius 1 is 1.35 bits per heavy atom. The Bertz CT molecular complexity index is 528. The highest BCUT2D eigenvalue weighted by Crippen LogP contribution is 2.39. The van der Waals surface area contributed by atoms with Crippen LogP contribution in [0.5, 0.6) is 11.5 Å². The number of nitrogens with one attached hydrogen (secondary N) is 1. The summed E-state index contributed by atoms with van der Waals surface area (Å²) in [5.74, 6) is 1.71. The Labute approximate surface area is 118 Å². The van der Waals surface area contributed by atoms with Crippen LogP contribution >= 0.6 is 0 Å². The molecule has 1 aromatic carbocycles. The minimum absolute atomic E-state index is 0.109. The van der Waals surface area contributed by atoms with E-state index in [2.05, 4.69) is 5.32 Å². The van der Waals surface area contributed by atoms with Crippen LogP contribution in [0.2, 0.25) is 0 Å². The molecule has 1 saturated carbocycles. The molecular formula is C15H20N2O3. The van der Waals surface area contributed by atoms with Crippen LogP contribution in [-0.2, 0) is 0 Å².